The van der Waals surface area contributed by atoms with Gasteiger partial charge < -0.3 is 10.2 Å². The molecule has 1 aromatic heterocycles. The first-order valence-electron chi connectivity index (χ1n) is 7.84. The van der Waals surface area contributed by atoms with E-state index in [0.717, 1.165) is 31.0 Å². The SMILES string of the molecule is CN=C(NCCCn1cc(C)cn1)N(C)Cc1ccc(Cl)c(Cl)c1. The topological polar surface area (TPSA) is 45.5 Å². The minimum Gasteiger partial charge on any atom is -0.356 e. The third-order valence-corrected chi connectivity index (χ3v) is 4.33. The molecule has 2 rings (SSSR count). The van der Waals surface area contributed by atoms with E-state index >= 15 is 0 Å². The van der Waals surface area contributed by atoms with E-state index in [9.17, 15) is 0 Å². The van der Waals surface area contributed by atoms with Gasteiger partial charge in [-0.05, 0) is 36.6 Å². The zero-order valence-electron chi connectivity index (χ0n) is 14.3. The lowest BCUT2D eigenvalue weighted by Gasteiger charge is -2.22. The molecule has 24 heavy (non-hydrogen) atoms. The molecule has 0 spiro atoms. The highest BCUT2D eigenvalue weighted by Gasteiger charge is 2.07. The van der Waals surface area contributed by atoms with Crippen LogP contribution in [0.5, 0.6) is 0 Å². The minimum atomic E-state index is 0.569. The van der Waals surface area contributed by atoms with Gasteiger partial charge in [-0.3, -0.25) is 9.67 Å². The molecule has 0 atom stereocenters. The second kappa shape index (κ2) is 8.94. The van der Waals surface area contributed by atoms with Crippen molar-refractivity contribution in [2.45, 2.75) is 26.4 Å². The molecule has 0 aliphatic rings. The fourth-order valence-electron chi connectivity index (χ4n) is 2.40. The van der Waals surface area contributed by atoms with Gasteiger partial charge in [0, 0.05) is 39.9 Å². The largest absolute Gasteiger partial charge is 0.356 e. The predicted octanol–water partition coefficient (Wildman–Crippen LogP) is 3.60. The van der Waals surface area contributed by atoms with Crippen LogP contribution in [0.25, 0.3) is 0 Å². The molecule has 0 unspecified atom stereocenters. The van der Waals surface area contributed by atoms with Gasteiger partial charge in [0.1, 0.15) is 0 Å². The van der Waals surface area contributed by atoms with Crippen molar-refractivity contribution in [2.75, 3.05) is 20.6 Å². The summed E-state index contributed by atoms with van der Waals surface area (Å²) in [6.45, 7) is 4.46. The Bertz CT molecular complexity index is 696. The highest BCUT2D eigenvalue weighted by molar-refractivity contribution is 6.42. The molecule has 0 aliphatic heterocycles. The molecule has 0 saturated heterocycles. The summed E-state index contributed by atoms with van der Waals surface area (Å²) in [5.74, 6) is 0.845. The number of hydrogen-bond acceptors (Lipinski definition) is 2. The molecule has 0 radical (unpaired) electrons. The molecular weight excluding hydrogens is 345 g/mol. The van der Waals surface area contributed by atoms with E-state index in [1.54, 1.807) is 7.05 Å². The molecule has 7 heteroatoms. The Kier molecular flexibility index (Phi) is 6.94. The maximum atomic E-state index is 6.07. The van der Waals surface area contributed by atoms with Crippen molar-refractivity contribution in [3.8, 4) is 0 Å². The summed E-state index contributed by atoms with van der Waals surface area (Å²) in [6.07, 6.45) is 4.89. The Morgan fingerprint density at radius 3 is 2.75 bits per heavy atom. The van der Waals surface area contributed by atoms with Crippen molar-refractivity contribution in [1.82, 2.24) is 20.0 Å². The number of nitrogens with one attached hydrogen (secondary N) is 1. The van der Waals surface area contributed by atoms with Crippen molar-refractivity contribution in [3.05, 3.63) is 51.8 Å². The van der Waals surface area contributed by atoms with Gasteiger partial charge >= 0.3 is 0 Å². The Morgan fingerprint density at radius 2 is 2.12 bits per heavy atom. The average molecular weight is 368 g/mol. The Morgan fingerprint density at radius 1 is 1.33 bits per heavy atom. The van der Waals surface area contributed by atoms with Crippen LogP contribution in [0, 0.1) is 6.92 Å². The van der Waals surface area contributed by atoms with Crippen LogP contribution in [0.2, 0.25) is 10.0 Å². The molecule has 0 bridgehead atoms. The zero-order chi connectivity index (χ0) is 17.5. The monoisotopic (exact) mass is 367 g/mol. The van der Waals surface area contributed by atoms with Crippen molar-refractivity contribution < 1.29 is 0 Å². The van der Waals surface area contributed by atoms with Crippen molar-refractivity contribution in [2.24, 2.45) is 4.99 Å². The first-order chi connectivity index (χ1) is 11.5. The normalized spacial score (nSPS) is 11.6. The van der Waals surface area contributed by atoms with E-state index in [0.29, 0.717) is 16.6 Å². The Balaban J connectivity index is 1.80. The molecule has 0 saturated carbocycles. The fourth-order valence-corrected chi connectivity index (χ4v) is 2.72. The number of nitrogens with zero attached hydrogens (tertiary/aromatic N) is 4. The van der Waals surface area contributed by atoms with Crippen molar-refractivity contribution >= 4 is 29.2 Å². The van der Waals surface area contributed by atoms with Gasteiger partial charge in [-0.25, -0.2) is 0 Å². The van der Waals surface area contributed by atoms with Crippen LogP contribution in [-0.2, 0) is 13.1 Å². The van der Waals surface area contributed by atoms with Crippen molar-refractivity contribution in [3.63, 3.8) is 0 Å². The molecule has 0 fully saturated rings. The van der Waals surface area contributed by atoms with E-state index in [4.69, 9.17) is 23.2 Å². The number of rotatable bonds is 6. The summed E-state index contributed by atoms with van der Waals surface area (Å²) < 4.78 is 1.96. The lowest BCUT2D eigenvalue weighted by molar-refractivity contribution is 0.471. The maximum absolute atomic E-state index is 6.07. The number of guanidine groups is 1. The van der Waals surface area contributed by atoms with Gasteiger partial charge in [0.15, 0.2) is 5.96 Å². The quantitative estimate of drug-likeness (QED) is 0.482. The van der Waals surface area contributed by atoms with E-state index < -0.39 is 0 Å². The summed E-state index contributed by atoms with van der Waals surface area (Å²) in [7, 11) is 3.78. The third-order valence-electron chi connectivity index (χ3n) is 3.59. The van der Waals surface area contributed by atoms with Crippen LogP contribution in [-0.4, -0.2) is 41.3 Å². The van der Waals surface area contributed by atoms with Gasteiger partial charge in [-0.1, -0.05) is 29.3 Å². The molecule has 2 aromatic rings. The van der Waals surface area contributed by atoms with E-state index in [1.165, 1.54) is 5.56 Å². The first kappa shape index (κ1) is 18.6. The molecule has 1 heterocycles. The summed E-state index contributed by atoms with van der Waals surface area (Å²) >= 11 is 12.0. The highest BCUT2D eigenvalue weighted by atomic mass is 35.5. The summed E-state index contributed by atoms with van der Waals surface area (Å²) in [5.41, 5.74) is 2.27. The van der Waals surface area contributed by atoms with Crippen molar-refractivity contribution in [1.29, 1.82) is 0 Å². The van der Waals surface area contributed by atoms with E-state index in [1.807, 2.05) is 49.2 Å². The van der Waals surface area contributed by atoms with Crippen LogP contribution >= 0.6 is 23.2 Å². The highest BCUT2D eigenvalue weighted by Crippen LogP contribution is 2.23. The number of aromatic nitrogens is 2. The Labute approximate surface area is 153 Å². The second-order valence-corrected chi connectivity index (χ2v) is 6.53. The lowest BCUT2D eigenvalue weighted by Crippen LogP contribution is -2.39. The first-order valence-corrected chi connectivity index (χ1v) is 8.60. The van der Waals surface area contributed by atoms with Gasteiger partial charge in [0.05, 0.1) is 16.2 Å². The molecule has 130 valence electrons. The summed E-state index contributed by atoms with van der Waals surface area (Å²) in [4.78, 5) is 6.38. The number of hydrogen-bond donors (Lipinski definition) is 1. The third kappa shape index (κ3) is 5.42. The fraction of sp³-hybridized carbons (Fsp3) is 0.412. The second-order valence-electron chi connectivity index (χ2n) is 5.71. The number of aryl methyl sites for hydroxylation is 2. The minimum absolute atomic E-state index is 0.569. The van der Waals surface area contributed by atoms with Gasteiger partial charge in [-0.2, -0.15) is 5.10 Å². The van der Waals surface area contributed by atoms with Gasteiger partial charge in [0.2, 0.25) is 0 Å². The number of halogens is 2. The lowest BCUT2D eigenvalue weighted by atomic mass is 10.2. The molecular formula is C17H23Cl2N5. The maximum Gasteiger partial charge on any atom is 0.193 e. The van der Waals surface area contributed by atoms with E-state index in [-0.39, 0.29) is 0 Å². The summed E-state index contributed by atoms with van der Waals surface area (Å²) in [6, 6.07) is 5.67. The zero-order valence-corrected chi connectivity index (χ0v) is 15.8. The smallest absolute Gasteiger partial charge is 0.193 e. The van der Waals surface area contributed by atoms with Crippen LogP contribution in [0.3, 0.4) is 0 Å². The molecule has 1 N–H and O–H groups in total. The standard InChI is InChI=1S/C17H23Cl2N5/c1-13-10-22-24(11-13)8-4-7-21-17(20-2)23(3)12-14-5-6-15(18)16(19)9-14/h5-6,9-11H,4,7-8,12H2,1-3H3,(H,20,21). The van der Waals surface area contributed by atoms with E-state index in [2.05, 4.69) is 20.3 Å². The number of aliphatic imine (C=N–C) groups is 1. The molecule has 0 amide bonds. The summed E-state index contributed by atoms with van der Waals surface area (Å²) in [5, 5.41) is 8.79. The molecule has 5 nitrogen and oxygen atoms in total. The number of benzene rings is 1. The van der Waals surface area contributed by atoms with Crippen LogP contribution < -0.4 is 5.32 Å². The van der Waals surface area contributed by atoms with Crippen LogP contribution in [0.4, 0.5) is 0 Å². The average Bonchev–Trinajstić information content (AvgIpc) is 2.96. The predicted molar refractivity (Wildman–Crippen MR) is 101 cm³/mol. The Hall–Kier alpha value is -1.72. The van der Waals surface area contributed by atoms with Crippen LogP contribution in [0.1, 0.15) is 17.5 Å². The molecule has 0 aliphatic carbocycles. The van der Waals surface area contributed by atoms with Gasteiger partial charge in [0.25, 0.3) is 0 Å². The van der Waals surface area contributed by atoms with Crippen LogP contribution in [0.15, 0.2) is 35.6 Å². The van der Waals surface area contributed by atoms with Gasteiger partial charge in [-0.15, -0.1) is 0 Å². The molecule has 1 aromatic carbocycles.